The first-order valence-electron chi connectivity index (χ1n) is 6.16. The van der Waals surface area contributed by atoms with E-state index >= 15 is 0 Å². The third-order valence-corrected chi connectivity index (χ3v) is 2.95. The van der Waals surface area contributed by atoms with E-state index in [1.54, 1.807) is 6.07 Å². The van der Waals surface area contributed by atoms with Crippen LogP contribution in [0.1, 0.15) is 5.56 Å². The van der Waals surface area contributed by atoms with E-state index in [1.807, 2.05) is 24.3 Å². The summed E-state index contributed by atoms with van der Waals surface area (Å²) in [6, 6.07) is 13.2. The van der Waals surface area contributed by atoms with Gasteiger partial charge in [0.15, 0.2) is 11.6 Å². The van der Waals surface area contributed by atoms with E-state index in [2.05, 4.69) is 15.3 Å². The third-order valence-electron chi connectivity index (χ3n) is 2.95. The smallest absolute Gasteiger partial charge is 0.174 e. The summed E-state index contributed by atoms with van der Waals surface area (Å²) in [6.07, 6.45) is 0. The maximum Gasteiger partial charge on any atom is 0.174 e. The highest BCUT2D eigenvalue weighted by molar-refractivity contribution is 5.81. The molecule has 0 spiro atoms. The largest absolute Gasteiger partial charge is 0.381 e. The number of nitrogens with two attached hydrogens (primary N) is 1. The van der Waals surface area contributed by atoms with E-state index in [1.165, 1.54) is 18.2 Å². The Morgan fingerprint density at radius 1 is 1.10 bits per heavy atom. The van der Waals surface area contributed by atoms with Crippen LogP contribution in [0.3, 0.4) is 0 Å². The standard InChI is InChI=1S/C15H10FN5/c16-11-6-5-10(7-9(11)8-17)19-15-14(18)20-12-3-1-2-4-13(12)21-15/h1-7H,(H2,18,20)(H,19,21). The number of hydrogen-bond acceptors (Lipinski definition) is 5. The van der Waals surface area contributed by atoms with Crippen LogP contribution in [0.2, 0.25) is 0 Å². The van der Waals surface area contributed by atoms with E-state index in [9.17, 15) is 4.39 Å². The molecule has 3 rings (SSSR count). The van der Waals surface area contributed by atoms with Crippen molar-refractivity contribution in [2.45, 2.75) is 0 Å². The molecule has 0 unspecified atom stereocenters. The van der Waals surface area contributed by atoms with Crippen LogP contribution < -0.4 is 11.1 Å². The quantitative estimate of drug-likeness (QED) is 0.753. The van der Waals surface area contributed by atoms with Crippen LogP contribution in [0.15, 0.2) is 42.5 Å². The van der Waals surface area contributed by atoms with Gasteiger partial charge in [0, 0.05) is 5.69 Å². The van der Waals surface area contributed by atoms with Gasteiger partial charge >= 0.3 is 0 Å². The second-order valence-corrected chi connectivity index (χ2v) is 4.38. The summed E-state index contributed by atoms with van der Waals surface area (Å²) in [4.78, 5) is 8.62. The van der Waals surface area contributed by atoms with Crippen LogP contribution in [0.4, 0.5) is 21.7 Å². The topological polar surface area (TPSA) is 87.6 Å². The fourth-order valence-electron chi connectivity index (χ4n) is 1.93. The Hall–Kier alpha value is -3.20. The predicted molar refractivity (Wildman–Crippen MR) is 78.3 cm³/mol. The number of nitriles is 1. The molecule has 0 fully saturated rings. The number of nitrogen functional groups attached to an aromatic ring is 1. The van der Waals surface area contributed by atoms with Crippen molar-refractivity contribution >= 4 is 28.4 Å². The van der Waals surface area contributed by atoms with Crippen molar-refractivity contribution in [1.82, 2.24) is 9.97 Å². The number of para-hydroxylation sites is 2. The first-order valence-corrected chi connectivity index (χ1v) is 6.16. The highest BCUT2D eigenvalue weighted by Crippen LogP contribution is 2.23. The van der Waals surface area contributed by atoms with Gasteiger partial charge in [-0.05, 0) is 30.3 Å². The van der Waals surface area contributed by atoms with Crippen LogP contribution in [0.5, 0.6) is 0 Å². The van der Waals surface area contributed by atoms with Crippen molar-refractivity contribution in [1.29, 1.82) is 5.26 Å². The summed E-state index contributed by atoms with van der Waals surface area (Å²) in [5.41, 5.74) is 7.71. The maximum atomic E-state index is 13.3. The Bertz CT molecular complexity index is 870. The molecule has 2 aromatic carbocycles. The molecular weight excluding hydrogens is 269 g/mol. The fourth-order valence-corrected chi connectivity index (χ4v) is 1.93. The lowest BCUT2D eigenvalue weighted by atomic mass is 10.2. The van der Waals surface area contributed by atoms with E-state index in [0.717, 1.165) is 0 Å². The highest BCUT2D eigenvalue weighted by Gasteiger charge is 2.08. The van der Waals surface area contributed by atoms with Gasteiger partial charge < -0.3 is 11.1 Å². The zero-order valence-corrected chi connectivity index (χ0v) is 10.8. The number of nitrogens with one attached hydrogen (secondary N) is 1. The molecular formula is C15H10FN5. The van der Waals surface area contributed by atoms with Gasteiger partial charge in [-0.2, -0.15) is 5.26 Å². The molecule has 0 saturated carbocycles. The average Bonchev–Trinajstić information content (AvgIpc) is 2.50. The van der Waals surface area contributed by atoms with Crippen molar-refractivity contribution in [3.8, 4) is 6.07 Å². The van der Waals surface area contributed by atoms with Crippen molar-refractivity contribution in [3.05, 3.63) is 53.8 Å². The van der Waals surface area contributed by atoms with Crippen molar-refractivity contribution in [3.63, 3.8) is 0 Å². The molecule has 3 aromatic rings. The number of hydrogen-bond donors (Lipinski definition) is 2. The van der Waals surface area contributed by atoms with Gasteiger partial charge in [0.1, 0.15) is 11.9 Å². The molecule has 102 valence electrons. The number of halogens is 1. The summed E-state index contributed by atoms with van der Waals surface area (Å²) in [5.74, 6) is 0.0290. The minimum atomic E-state index is -0.569. The molecule has 0 aliphatic rings. The van der Waals surface area contributed by atoms with Gasteiger partial charge in [-0.1, -0.05) is 12.1 Å². The van der Waals surface area contributed by atoms with E-state index in [0.29, 0.717) is 22.5 Å². The van der Waals surface area contributed by atoms with E-state index in [-0.39, 0.29) is 11.4 Å². The van der Waals surface area contributed by atoms with Crippen molar-refractivity contribution < 1.29 is 4.39 Å². The van der Waals surface area contributed by atoms with Crippen molar-refractivity contribution in [2.24, 2.45) is 0 Å². The Balaban J connectivity index is 2.02. The van der Waals surface area contributed by atoms with Crippen molar-refractivity contribution in [2.75, 3.05) is 11.1 Å². The first kappa shape index (κ1) is 12.8. The summed E-state index contributed by atoms with van der Waals surface area (Å²) in [5, 5.41) is 11.8. The number of benzene rings is 2. The SMILES string of the molecule is N#Cc1cc(Nc2nc3ccccc3nc2N)ccc1F. The minimum Gasteiger partial charge on any atom is -0.381 e. The molecule has 0 aliphatic heterocycles. The molecule has 0 amide bonds. The molecule has 0 radical (unpaired) electrons. The van der Waals surface area contributed by atoms with Crippen LogP contribution in [-0.2, 0) is 0 Å². The van der Waals surface area contributed by atoms with Gasteiger partial charge in [-0.15, -0.1) is 0 Å². The predicted octanol–water partition coefficient (Wildman–Crippen LogP) is 2.97. The summed E-state index contributed by atoms with van der Waals surface area (Å²) < 4.78 is 13.3. The molecule has 1 aromatic heterocycles. The van der Waals surface area contributed by atoms with Gasteiger partial charge in [0.2, 0.25) is 0 Å². The van der Waals surface area contributed by atoms with Gasteiger partial charge in [-0.3, -0.25) is 0 Å². The number of anilines is 3. The van der Waals surface area contributed by atoms with Crippen LogP contribution in [-0.4, -0.2) is 9.97 Å². The molecule has 5 nitrogen and oxygen atoms in total. The Labute approximate surface area is 119 Å². The number of fused-ring (bicyclic) bond motifs is 1. The molecule has 6 heteroatoms. The Kier molecular flexibility index (Phi) is 3.09. The normalized spacial score (nSPS) is 10.3. The number of aromatic nitrogens is 2. The second kappa shape index (κ2) is 5.06. The monoisotopic (exact) mass is 279 g/mol. The lowest BCUT2D eigenvalue weighted by Crippen LogP contribution is -2.02. The lowest BCUT2D eigenvalue weighted by molar-refractivity contribution is 0.624. The summed E-state index contributed by atoms with van der Waals surface area (Å²) >= 11 is 0. The first-order chi connectivity index (χ1) is 10.2. The minimum absolute atomic E-state index is 0.0488. The number of rotatable bonds is 2. The molecule has 0 atom stereocenters. The van der Waals surface area contributed by atoms with Gasteiger partial charge in [0.25, 0.3) is 0 Å². The molecule has 1 heterocycles. The molecule has 0 bridgehead atoms. The van der Waals surface area contributed by atoms with Crippen LogP contribution in [0.25, 0.3) is 11.0 Å². The number of nitrogens with zero attached hydrogens (tertiary/aromatic N) is 3. The van der Waals surface area contributed by atoms with E-state index < -0.39 is 5.82 Å². The molecule has 0 aliphatic carbocycles. The summed E-state index contributed by atoms with van der Waals surface area (Å²) in [7, 11) is 0. The van der Waals surface area contributed by atoms with Gasteiger partial charge in [-0.25, -0.2) is 14.4 Å². The maximum absolute atomic E-state index is 13.3. The highest BCUT2D eigenvalue weighted by atomic mass is 19.1. The Morgan fingerprint density at radius 3 is 2.52 bits per heavy atom. The Morgan fingerprint density at radius 2 is 1.81 bits per heavy atom. The van der Waals surface area contributed by atoms with Crippen LogP contribution in [0, 0.1) is 17.1 Å². The third kappa shape index (κ3) is 2.44. The lowest BCUT2D eigenvalue weighted by Gasteiger charge is -2.09. The van der Waals surface area contributed by atoms with Crippen LogP contribution >= 0.6 is 0 Å². The van der Waals surface area contributed by atoms with E-state index in [4.69, 9.17) is 11.0 Å². The average molecular weight is 279 g/mol. The fraction of sp³-hybridized carbons (Fsp3) is 0. The van der Waals surface area contributed by atoms with Gasteiger partial charge in [0.05, 0.1) is 16.6 Å². The zero-order valence-electron chi connectivity index (χ0n) is 10.8. The molecule has 0 saturated heterocycles. The molecule has 21 heavy (non-hydrogen) atoms. The molecule has 3 N–H and O–H groups in total. The second-order valence-electron chi connectivity index (χ2n) is 4.38. The summed E-state index contributed by atoms with van der Waals surface area (Å²) in [6.45, 7) is 0. The zero-order chi connectivity index (χ0) is 14.8.